The lowest BCUT2D eigenvalue weighted by atomic mass is 10.2. The molecule has 4 nitrogen and oxygen atoms in total. The SMILES string of the molecule is CN(C)C(=S)[C@@H]1CCCN1.O=C(O)C(F)(F)F. The Labute approximate surface area is 103 Å². The normalized spacial score (nSPS) is 19.2. The first-order valence-corrected chi connectivity index (χ1v) is 5.31. The quantitative estimate of drug-likeness (QED) is 0.704. The molecule has 2 N–H and O–H groups in total. The number of aliphatic carboxylic acids is 1. The average molecular weight is 272 g/mol. The van der Waals surface area contributed by atoms with Gasteiger partial charge in [-0.15, -0.1) is 0 Å². The van der Waals surface area contributed by atoms with Crippen LogP contribution in [0.5, 0.6) is 0 Å². The van der Waals surface area contributed by atoms with E-state index in [1.165, 1.54) is 12.8 Å². The monoisotopic (exact) mass is 272 g/mol. The Bertz CT molecular complexity index is 276. The largest absolute Gasteiger partial charge is 0.490 e. The van der Waals surface area contributed by atoms with Crippen molar-refractivity contribution in [2.75, 3.05) is 20.6 Å². The molecule has 0 aromatic carbocycles. The van der Waals surface area contributed by atoms with Gasteiger partial charge in [-0.2, -0.15) is 13.2 Å². The lowest BCUT2D eigenvalue weighted by molar-refractivity contribution is -0.192. The third-order valence-corrected chi connectivity index (χ3v) is 2.69. The van der Waals surface area contributed by atoms with Gasteiger partial charge < -0.3 is 15.3 Å². The number of nitrogens with zero attached hydrogens (tertiary/aromatic N) is 1. The average Bonchev–Trinajstić information content (AvgIpc) is 2.68. The van der Waals surface area contributed by atoms with Gasteiger partial charge in [0.2, 0.25) is 0 Å². The summed E-state index contributed by atoms with van der Waals surface area (Å²) in [4.78, 5) is 11.9. The fraction of sp³-hybridized carbons (Fsp3) is 0.778. The van der Waals surface area contributed by atoms with Gasteiger partial charge in [-0.25, -0.2) is 4.79 Å². The predicted octanol–water partition coefficient (Wildman–Crippen LogP) is 1.26. The molecule has 100 valence electrons. The highest BCUT2D eigenvalue weighted by atomic mass is 32.1. The molecule has 0 aliphatic carbocycles. The molecule has 0 amide bonds. The van der Waals surface area contributed by atoms with Gasteiger partial charge in [-0.3, -0.25) is 0 Å². The van der Waals surface area contributed by atoms with E-state index < -0.39 is 12.1 Å². The minimum atomic E-state index is -5.08. The third-order valence-electron chi connectivity index (χ3n) is 2.04. The number of likely N-dealkylation sites (N-methyl/N-ethyl adjacent to an activating group) is 1. The molecule has 1 rings (SSSR count). The molecular weight excluding hydrogens is 257 g/mol. The first kappa shape index (κ1) is 16.1. The summed E-state index contributed by atoms with van der Waals surface area (Å²) < 4.78 is 31.7. The number of carbonyl (C=O) groups is 1. The number of carboxylic acid groups (broad SMARTS) is 1. The third kappa shape index (κ3) is 6.42. The molecule has 0 radical (unpaired) electrons. The van der Waals surface area contributed by atoms with Gasteiger partial charge in [-0.05, 0) is 19.4 Å². The number of thiocarbonyl (C=S) groups is 1. The van der Waals surface area contributed by atoms with Crippen LogP contribution in [0.15, 0.2) is 0 Å². The van der Waals surface area contributed by atoms with E-state index in [0.717, 1.165) is 11.5 Å². The molecule has 0 saturated carbocycles. The zero-order valence-corrected chi connectivity index (χ0v) is 10.4. The van der Waals surface area contributed by atoms with Crippen LogP contribution in [-0.2, 0) is 4.79 Å². The fourth-order valence-corrected chi connectivity index (χ4v) is 1.41. The molecule has 1 aliphatic heterocycles. The van der Waals surface area contributed by atoms with Crippen LogP contribution in [0.3, 0.4) is 0 Å². The minimum Gasteiger partial charge on any atom is -0.475 e. The van der Waals surface area contributed by atoms with Crippen LogP contribution in [-0.4, -0.2) is 53.8 Å². The zero-order chi connectivity index (χ0) is 13.6. The molecule has 0 bridgehead atoms. The maximum atomic E-state index is 10.6. The summed E-state index contributed by atoms with van der Waals surface area (Å²) in [6.07, 6.45) is -2.62. The van der Waals surface area contributed by atoms with Crippen LogP contribution in [0, 0.1) is 0 Å². The summed E-state index contributed by atoms with van der Waals surface area (Å²) in [5.41, 5.74) is 0. The number of rotatable bonds is 1. The summed E-state index contributed by atoms with van der Waals surface area (Å²) in [6.45, 7) is 1.12. The van der Waals surface area contributed by atoms with Gasteiger partial charge in [0.05, 0.1) is 11.0 Å². The topological polar surface area (TPSA) is 52.6 Å². The molecule has 0 aromatic heterocycles. The van der Waals surface area contributed by atoms with E-state index >= 15 is 0 Å². The van der Waals surface area contributed by atoms with Crippen molar-refractivity contribution in [2.24, 2.45) is 0 Å². The van der Waals surface area contributed by atoms with Crippen molar-refractivity contribution >= 4 is 23.2 Å². The van der Waals surface area contributed by atoms with Crippen LogP contribution in [0.25, 0.3) is 0 Å². The maximum Gasteiger partial charge on any atom is 0.490 e. The number of hydrogen-bond donors (Lipinski definition) is 2. The zero-order valence-electron chi connectivity index (χ0n) is 9.54. The van der Waals surface area contributed by atoms with E-state index in [1.54, 1.807) is 0 Å². The highest BCUT2D eigenvalue weighted by Gasteiger charge is 2.38. The Hall–Kier alpha value is -0.890. The van der Waals surface area contributed by atoms with Crippen molar-refractivity contribution in [3.63, 3.8) is 0 Å². The lowest BCUT2D eigenvalue weighted by Gasteiger charge is -2.19. The maximum absolute atomic E-state index is 10.6. The molecule has 1 atom stereocenters. The molecular formula is C9H15F3N2O2S. The first-order valence-electron chi connectivity index (χ1n) is 4.91. The van der Waals surface area contributed by atoms with Crippen molar-refractivity contribution in [3.8, 4) is 0 Å². The highest BCUT2D eigenvalue weighted by Crippen LogP contribution is 2.13. The smallest absolute Gasteiger partial charge is 0.475 e. The minimum absolute atomic E-state index is 0.463. The van der Waals surface area contributed by atoms with Gasteiger partial charge in [0.25, 0.3) is 0 Å². The predicted molar refractivity (Wildman–Crippen MR) is 61.0 cm³/mol. The molecule has 1 fully saturated rings. The van der Waals surface area contributed by atoms with Crippen LogP contribution in [0.1, 0.15) is 12.8 Å². The van der Waals surface area contributed by atoms with Crippen molar-refractivity contribution in [1.82, 2.24) is 10.2 Å². The van der Waals surface area contributed by atoms with E-state index in [9.17, 15) is 13.2 Å². The van der Waals surface area contributed by atoms with Gasteiger partial charge in [0.1, 0.15) is 0 Å². The second kappa shape index (κ2) is 6.75. The molecule has 17 heavy (non-hydrogen) atoms. The standard InChI is InChI=1S/C7H14N2S.C2HF3O2/c1-9(2)7(10)6-4-3-5-8-6;3-2(4,5)1(6)7/h6,8H,3-5H2,1-2H3;(H,6,7)/t6-;/m0./s1. The number of carboxylic acids is 1. The number of alkyl halides is 3. The van der Waals surface area contributed by atoms with Crippen LogP contribution >= 0.6 is 12.2 Å². The molecule has 0 unspecified atom stereocenters. The number of hydrogen-bond acceptors (Lipinski definition) is 3. The Morgan fingerprint density at radius 2 is 1.94 bits per heavy atom. The van der Waals surface area contributed by atoms with E-state index in [4.69, 9.17) is 22.1 Å². The lowest BCUT2D eigenvalue weighted by Crippen LogP contribution is -2.38. The second-order valence-electron chi connectivity index (χ2n) is 3.68. The summed E-state index contributed by atoms with van der Waals surface area (Å²) in [5.74, 6) is -2.76. The van der Waals surface area contributed by atoms with Crippen LogP contribution in [0.4, 0.5) is 13.2 Å². The summed E-state index contributed by atoms with van der Waals surface area (Å²) >= 11 is 5.20. The van der Waals surface area contributed by atoms with Gasteiger partial charge >= 0.3 is 12.1 Å². The fourth-order valence-electron chi connectivity index (χ4n) is 1.21. The first-order chi connectivity index (χ1) is 7.66. The molecule has 8 heteroatoms. The number of nitrogens with one attached hydrogen (secondary N) is 1. The van der Waals surface area contributed by atoms with Crippen molar-refractivity contribution in [3.05, 3.63) is 0 Å². The van der Waals surface area contributed by atoms with Gasteiger partial charge in [0.15, 0.2) is 0 Å². The van der Waals surface area contributed by atoms with Crippen LogP contribution < -0.4 is 5.32 Å². The van der Waals surface area contributed by atoms with E-state index in [-0.39, 0.29) is 0 Å². The summed E-state index contributed by atoms with van der Waals surface area (Å²) in [7, 11) is 4.00. The number of halogens is 3. The molecule has 0 aromatic rings. The molecule has 1 saturated heterocycles. The summed E-state index contributed by atoms with van der Waals surface area (Å²) in [5, 5.41) is 10.5. The Morgan fingerprint density at radius 1 is 1.47 bits per heavy atom. The van der Waals surface area contributed by atoms with Crippen molar-refractivity contribution < 1.29 is 23.1 Å². The molecule has 0 spiro atoms. The molecule has 1 aliphatic rings. The summed E-state index contributed by atoms with van der Waals surface area (Å²) in [6, 6.07) is 0.463. The Balaban J connectivity index is 0.000000325. The van der Waals surface area contributed by atoms with E-state index in [2.05, 4.69) is 5.32 Å². The highest BCUT2D eigenvalue weighted by molar-refractivity contribution is 7.80. The Morgan fingerprint density at radius 3 is 2.18 bits per heavy atom. The Kier molecular flexibility index (Phi) is 6.40. The second-order valence-corrected chi connectivity index (χ2v) is 4.10. The van der Waals surface area contributed by atoms with E-state index in [0.29, 0.717) is 6.04 Å². The van der Waals surface area contributed by atoms with Crippen LogP contribution in [0.2, 0.25) is 0 Å². The van der Waals surface area contributed by atoms with Crippen molar-refractivity contribution in [2.45, 2.75) is 25.1 Å². The van der Waals surface area contributed by atoms with E-state index in [1.807, 2.05) is 19.0 Å². The van der Waals surface area contributed by atoms with Gasteiger partial charge in [0, 0.05) is 14.1 Å². The molecule has 1 heterocycles. The van der Waals surface area contributed by atoms with Gasteiger partial charge in [-0.1, -0.05) is 12.2 Å². The van der Waals surface area contributed by atoms with Crippen molar-refractivity contribution in [1.29, 1.82) is 0 Å².